The molecule has 1 heterocycles. The van der Waals surface area contributed by atoms with Crippen LogP contribution in [0.5, 0.6) is 0 Å². The van der Waals surface area contributed by atoms with Gasteiger partial charge in [0.05, 0.1) is 25.1 Å². The quantitative estimate of drug-likeness (QED) is 0.358. The van der Waals surface area contributed by atoms with Gasteiger partial charge in [-0.1, -0.05) is 54.8 Å². The molecule has 0 saturated heterocycles. The maximum atomic E-state index is 12.9. The van der Waals surface area contributed by atoms with Gasteiger partial charge in [0.1, 0.15) is 11.9 Å². The summed E-state index contributed by atoms with van der Waals surface area (Å²) in [6.07, 6.45) is 3.57. The summed E-state index contributed by atoms with van der Waals surface area (Å²) in [6.45, 7) is 1.75. The van der Waals surface area contributed by atoms with Crippen molar-refractivity contribution in [2.75, 3.05) is 17.7 Å². The average Bonchev–Trinajstić information content (AvgIpc) is 3.28. The molecule has 10 heteroatoms. The van der Waals surface area contributed by atoms with Crippen LogP contribution in [0.4, 0.5) is 16.3 Å². The Labute approximate surface area is 226 Å². The Morgan fingerprint density at radius 3 is 2.39 bits per heavy atom. The van der Waals surface area contributed by atoms with E-state index in [4.69, 9.17) is 21.1 Å². The molecule has 2 aromatic carbocycles. The first-order chi connectivity index (χ1) is 18.3. The van der Waals surface area contributed by atoms with E-state index >= 15 is 0 Å². The summed E-state index contributed by atoms with van der Waals surface area (Å²) in [7, 11) is 3.07. The number of hydrogen-bond donors (Lipinski definition) is 2. The van der Waals surface area contributed by atoms with Crippen molar-refractivity contribution < 1.29 is 23.9 Å². The Morgan fingerprint density at radius 1 is 1.03 bits per heavy atom. The second kappa shape index (κ2) is 12.1. The molecule has 0 aliphatic heterocycles. The molecule has 4 rings (SSSR count). The summed E-state index contributed by atoms with van der Waals surface area (Å²) in [6, 6.07) is 14.4. The van der Waals surface area contributed by atoms with Crippen LogP contribution in [0.25, 0.3) is 11.1 Å². The fourth-order valence-electron chi connectivity index (χ4n) is 4.80. The van der Waals surface area contributed by atoms with Crippen molar-refractivity contribution in [3.8, 4) is 11.1 Å². The molecule has 0 radical (unpaired) electrons. The van der Waals surface area contributed by atoms with E-state index in [9.17, 15) is 14.4 Å². The number of benzene rings is 2. The summed E-state index contributed by atoms with van der Waals surface area (Å²) in [4.78, 5) is 37.7. The molecule has 1 fully saturated rings. The van der Waals surface area contributed by atoms with E-state index < -0.39 is 24.0 Å². The second-order valence-corrected chi connectivity index (χ2v) is 9.72. The van der Waals surface area contributed by atoms with Crippen LogP contribution in [0.2, 0.25) is 5.02 Å². The molecular formula is C28H31ClN4O5. The first kappa shape index (κ1) is 27.2. The molecule has 3 aromatic rings. The molecule has 0 spiro atoms. The third-order valence-corrected chi connectivity index (χ3v) is 7.20. The highest BCUT2D eigenvalue weighted by Gasteiger charge is 2.36. The van der Waals surface area contributed by atoms with E-state index in [0.717, 1.165) is 18.4 Å². The first-order valence-electron chi connectivity index (χ1n) is 12.5. The van der Waals surface area contributed by atoms with Crippen molar-refractivity contribution in [3.05, 3.63) is 65.3 Å². The number of aromatic nitrogens is 2. The van der Waals surface area contributed by atoms with Gasteiger partial charge in [-0.05, 0) is 43.5 Å². The van der Waals surface area contributed by atoms with E-state index in [1.807, 2.05) is 24.3 Å². The van der Waals surface area contributed by atoms with E-state index in [1.54, 1.807) is 49.1 Å². The smallest absolute Gasteiger partial charge is 0.413 e. The average molecular weight is 539 g/mol. The van der Waals surface area contributed by atoms with Gasteiger partial charge in [-0.25, -0.2) is 4.79 Å². The molecule has 2 N–H and O–H groups in total. The molecule has 0 unspecified atom stereocenters. The number of rotatable bonds is 7. The maximum Gasteiger partial charge on any atom is 0.413 e. The van der Waals surface area contributed by atoms with Crippen molar-refractivity contribution in [2.45, 2.75) is 38.7 Å². The fraction of sp³-hybridized carbons (Fsp3) is 0.357. The van der Waals surface area contributed by atoms with Gasteiger partial charge in [0.15, 0.2) is 0 Å². The zero-order valence-electron chi connectivity index (χ0n) is 21.6. The van der Waals surface area contributed by atoms with Crippen molar-refractivity contribution >= 4 is 41.1 Å². The van der Waals surface area contributed by atoms with Crippen molar-refractivity contribution in [2.24, 2.45) is 18.9 Å². The summed E-state index contributed by atoms with van der Waals surface area (Å²) >= 11 is 6.22. The van der Waals surface area contributed by atoms with Crippen LogP contribution in [0.3, 0.4) is 0 Å². The number of carbonyl (C=O) groups is 3. The maximum absolute atomic E-state index is 12.9. The van der Waals surface area contributed by atoms with Crippen molar-refractivity contribution in [3.63, 3.8) is 0 Å². The lowest BCUT2D eigenvalue weighted by molar-refractivity contribution is -0.151. The van der Waals surface area contributed by atoms with Crippen LogP contribution < -0.4 is 10.6 Å². The number of nitrogens with zero attached hydrogens (tertiary/aromatic N) is 2. The van der Waals surface area contributed by atoms with Crippen molar-refractivity contribution in [1.82, 2.24) is 9.78 Å². The van der Waals surface area contributed by atoms with E-state index in [2.05, 4.69) is 15.7 Å². The number of nitrogens with one attached hydrogen (secondary N) is 2. The number of methoxy groups -OCH3 is 1. The molecule has 3 atom stereocenters. The third-order valence-electron chi connectivity index (χ3n) is 6.86. The summed E-state index contributed by atoms with van der Waals surface area (Å²) in [5, 5.41) is 10.5. The summed E-state index contributed by atoms with van der Waals surface area (Å²) in [5.74, 6) is -0.897. The van der Waals surface area contributed by atoms with Gasteiger partial charge in [-0.3, -0.25) is 19.6 Å². The summed E-state index contributed by atoms with van der Waals surface area (Å²) in [5.41, 5.74) is 2.79. The van der Waals surface area contributed by atoms with Crippen LogP contribution in [-0.2, 0) is 26.1 Å². The SMILES string of the molecule is COC(=O)[C@@H]1CCCC[C@H]1C(=O)Nc1ccc(-c2cnn(C)c2NC(=O)O[C@H](C)c2ccccc2Cl)cc1. The highest BCUT2D eigenvalue weighted by molar-refractivity contribution is 6.31. The zero-order valence-corrected chi connectivity index (χ0v) is 22.3. The van der Waals surface area contributed by atoms with Gasteiger partial charge >= 0.3 is 12.1 Å². The Kier molecular flexibility index (Phi) is 8.68. The lowest BCUT2D eigenvalue weighted by atomic mass is 9.78. The molecule has 1 saturated carbocycles. The predicted molar refractivity (Wildman–Crippen MR) is 145 cm³/mol. The van der Waals surface area contributed by atoms with Crippen LogP contribution in [0.1, 0.15) is 44.3 Å². The molecular weight excluding hydrogens is 508 g/mol. The number of hydrogen-bond acceptors (Lipinski definition) is 6. The first-order valence-corrected chi connectivity index (χ1v) is 12.9. The molecule has 0 bridgehead atoms. The van der Waals surface area contributed by atoms with E-state index in [0.29, 0.717) is 40.5 Å². The molecule has 1 aromatic heterocycles. The fourth-order valence-corrected chi connectivity index (χ4v) is 5.09. The molecule has 200 valence electrons. The van der Waals surface area contributed by atoms with Crippen LogP contribution in [0.15, 0.2) is 54.7 Å². The Morgan fingerprint density at radius 2 is 1.71 bits per heavy atom. The third kappa shape index (κ3) is 6.16. The lowest BCUT2D eigenvalue weighted by Crippen LogP contribution is -2.36. The van der Waals surface area contributed by atoms with Gasteiger partial charge in [-0.15, -0.1) is 0 Å². The standard InChI is InChI=1S/C28H31ClN4O5/c1-17(20-8-6-7-11-24(20)29)38-28(36)32-25-23(16-30-33(25)2)18-12-14-19(15-13-18)31-26(34)21-9-4-5-10-22(21)27(35)37-3/h6-8,11-17,21-22H,4-5,9-10H2,1-3H3,(H,31,34)(H,32,36)/t17-,21-,22-/m1/s1. The van der Waals surface area contributed by atoms with Crippen LogP contribution in [-0.4, -0.2) is 34.9 Å². The largest absolute Gasteiger partial charge is 0.469 e. The number of amides is 2. The number of esters is 1. The molecule has 1 aliphatic carbocycles. The number of carbonyl (C=O) groups excluding carboxylic acids is 3. The molecule has 38 heavy (non-hydrogen) atoms. The highest BCUT2D eigenvalue weighted by atomic mass is 35.5. The van der Waals surface area contributed by atoms with E-state index in [1.165, 1.54) is 7.11 Å². The minimum atomic E-state index is -0.640. The number of aryl methyl sites for hydroxylation is 1. The summed E-state index contributed by atoms with van der Waals surface area (Å²) < 4.78 is 12.0. The molecule has 1 aliphatic rings. The van der Waals surface area contributed by atoms with Crippen molar-refractivity contribution in [1.29, 1.82) is 0 Å². The lowest BCUT2D eigenvalue weighted by Gasteiger charge is -2.28. The van der Waals surface area contributed by atoms with Gasteiger partial charge < -0.3 is 14.8 Å². The minimum absolute atomic E-state index is 0.188. The topological polar surface area (TPSA) is 112 Å². The minimum Gasteiger partial charge on any atom is -0.469 e. The highest BCUT2D eigenvalue weighted by Crippen LogP contribution is 2.33. The zero-order chi connectivity index (χ0) is 27.2. The number of ether oxygens (including phenoxy) is 2. The monoisotopic (exact) mass is 538 g/mol. The van der Waals surface area contributed by atoms with Gasteiger partial charge in [0, 0.05) is 28.9 Å². The molecule has 2 amide bonds. The Hall–Kier alpha value is -3.85. The van der Waals surface area contributed by atoms with Gasteiger partial charge in [0.2, 0.25) is 5.91 Å². The Balaban J connectivity index is 1.43. The normalized spacial score (nSPS) is 17.8. The second-order valence-electron chi connectivity index (χ2n) is 9.31. The van der Waals surface area contributed by atoms with E-state index in [-0.39, 0.29) is 11.9 Å². The number of anilines is 2. The van der Waals surface area contributed by atoms with Gasteiger partial charge in [0.25, 0.3) is 0 Å². The van der Waals surface area contributed by atoms with Gasteiger partial charge in [-0.2, -0.15) is 5.10 Å². The predicted octanol–water partition coefficient (Wildman–Crippen LogP) is 5.97. The number of halogens is 1. The van der Waals surface area contributed by atoms with Crippen LogP contribution >= 0.6 is 11.6 Å². The Bertz CT molecular complexity index is 1310. The van der Waals surface area contributed by atoms with Crippen LogP contribution in [0, 0.1) is 11.8 Å². The molecule has 9 nitrogen and oxygen atoms in total.